The fourth-order valence-corrected chi connectivity index (χ4v) is 7.50. The molecule has 0 bridgehead atoms. The summed E-state index contributed by atoms with van der Waals surface area (Å²) in [6.07, 6.45) is 7.69. The van der Waals surface area contributed by atoms with Gasteiger partial charge in [0.15, 0.2) is 10.9 Å². The highest BCUT2D eigenvalue weighted by Gasteiger charge is 2.29. The Morgan fingerprint density at radius 2 is 1.92 bits per heavy atom. The zero-order chi connectivity index (χ0) is 24.6. The number of nitrogens with one attached hydrogen (secondary N) is 1. The van der Waals surface area contributed by atoms with Gasteiger partial charge in [-0.2, -0.15) is 0 Å². The van der Waals surface area contributed by atoms with Crippen LogP contribution in [0.1, 0.15) is 44.5 Å². The molecule has 0 aliphatic heterocycles. The number of para-hydroxylation sites is 1. The fraction of sp³-hybridized carbons (Fsp3) is 0.207. The van der Waals surface area contributed by atoms with Crippen molar-refractivity contribution >= 4 is 50.0 Å². The maximum Gasteiger partial charge on any atom is 0.263 e. The fourth-order valence-electron chi connectivity index (χ4n) is 5.02. The highest BCUT2D eigenvalue weighted by molar-refractivity contribution is 8.00. The predicted octanol–water partition coefficient (Wildman–Crippen LogP) is 6.72. The van der Waals surface area contributed by atoms with Crippen LogP contribution in [-0.4, -0.2) is 20.3 Å². The van der Waals surface area contributed by atoms with Gasteiger partial charge in [0.2, 0.25) is 0 Å². The van der Waals surface area contributed by atoms with E-state index in [1.54, 1.807) is 28.2 Å². The molecule has 3 aromatic heterocycles. The second-order valence-electron chi connectivity index (χ2n) is 9.01. The average molecular weight is 512 g/mol. The minimum absolute atomic E-state index is 0.0198. The molecule has 36 heavy (non-hydrogen) atoms. The van der Waals surface area contributed by atoms with Gasteiger partial charge in [-0.3, -0.25) is 14.2 Å². The van der Waals surface area contributed by atoms with Crippen molar-refractivity contribution in [3.8, 4) is 0 Å². The molecule has 5 nitrogen and oxygen atoms in total. The van der Waals surface area contributed by atoms with Crippen molar-refractivity contribution in [3.63, 3.8) is 0 Å². The number of allylic oxidation sites excluding steroid dienone is 1. The molecule has 0 fully saturated rings. The molecule has 0 saturated heterocycles. The lowest BCUT2D eigenvalue weighted by Gasteiger charge is -2.18. The third-order valence-electron chi connectivity index (χ3n) is 6.77. The third kappa shape index (κ3) is 3.92. The van der Waals surface area contributed by atoms with Gasteiger partial charge in [0, 0.05) is 34.1 Å². The summed E-state index contributed by atoms with van der Waals surface area (Å²) >= 11 is 2.98. The molecule has 1 unspecified atom stereocenters. The summed E-state index contributed by atoms with van der Waals surface area (Å²) in [5.74, 6) is -0.0198. The molecule has 1 aliphatic carbocycles. The number of carbonyl (C=O) groups excluding carboxylic acids is 1. The normalized spacial score (nSPS) is 14.1. The zero-order valence-corrected chi connectivity index (χ0v) is 21.3. The third-order valence-corrected chi connectivity index (χ3v) is 9.20. The van der Waals surface area contributed by atoms with Gasteiger partial charge < -0.3 is 4.98 Å². The van der Waals surface area contributed by atoms with E-state index in [2.05, 4.69) is 11.6 Å². The van der Waals surface area contributed by atoms with Crippen molar-refractivity contribution in [3.05, 3.63) is 105 Å². The maximum absolute atomic E-state index is 14.0. The first kappa shape index (κ1) is 23.0. The monoisotopic (exact) mass is 511 g/mol. The second kappa shape index (κ2) is 9.56. The first-order valence-electron chi connectivity index (χ1n) is 12.1. The highest BCUT2D eigenvalue weighted by atomic mass is 32.2. The number of nitrogens with zero attached hydrogens (tertiary/aromatic N) is 2. The van der Waals surface area contributed by atoms with Crippen molar-refractivity contribution in [2.45, 2.75) is 42.6 Å². The van der Waals surface area contributed by atoms with Crippen molar-refractivity contribution in [1.29, 1.82) is 0 Å². The molecule has 1 N–H and O–H groups in total. The van der Waals surface area contributed by atoms with E-state index in [1.165, 1.54) is 22.2 Å². The van der Waals surface area contributed by atoms with Crippen LogP contribution < -0.4 is 5.56 Å². The number of aromatic amines is 1. The molecule has 3 heterocycles. The Kier molecular flexibility index (Phi) is 6.11. The number of thiophene rings is 1. The number of H-pyrrole nitrogens is 1. The van der Waals surface area contributed by atoms with Gasteiger partial charge in [-0.1, -0.05) is 66.4 Å². The number of benzene rings is 2. The summed E-state index contributed by atoms with van der Waals surface area (Å²) in [5.41, 5.74) is 3.57. The lowest BCUT2D eigenvalue weighted by atomic mass is 9.97. The zero-order valence-electron chi connectivity index (χ0n) is 19.7. The lowest BCUT2D eigenvalue weighted by Crippen LogP contribution is -2.24. The standard InChI is InChI=1S/C29H25N3O2S2/c1-2-16-32-28(34)24-20-13-7-9-15-23(20)35-27(24)31-29(32)36-26(18-10-4-3-5-11-18)25(33)21-17-30-22-14-8-6-12-19(21)22/h2-6,8,10-12,14,17,26,30H,1,7,9,13,15-16H2. The number of fused-ring (bicyclic) bond motifs is 4. The molecule has 6 rings (SSSR count). The average Bonchev–Trinajstić information content (AvgIpc) is 3.51. The van der Waals surface area contributed by atoms with E-state index in [0.29, 0.717) is 17.3 Å². The minimum Gasteiger partial charge on any atom is -0.360 e. The minimum atomic E-state index is -0.555. The Labute approximate surface area is 216 Å². The number of Topliss-reactive ketones (excluding diaryl/α,β-unsaturated/α-hetero) is 1. The topological polar surface area (TPSA) is 67.8 Å². The van der Waals surface area contributed by atoms with E-state index in [9.17, 15) is 9.59 Å². The van der Waals surface area contributed by atoms with Crippen LogP contribution in [0.3, 0.4) is 0 Å². The summed E-state index contributed by atoms with van der Waals surface area (Å²) in [5, 5.41) is 1.63. The van der Waals surface area contributed by atoms with Crippen LogP contribution in [0.15, 0.2) is 83.4 Å². The first-order chi connectivity index (χ1) is 17.7. The number of hydrogen-bond donors (Lipinski definition) is 1. The van der Waals surface area contributed by atoms with Gasteiger partial charge >= 0.3 is 0 Å². The van der Waals surface area contributed by atoms with Crippen LogP contribution in [0.5, 0.6) is 0 Å². The summed E-state index contributed by atoms with van der Waals surface area (Å²) in [6.45, 7) is 4.22. The predicted molar refractivity (Wildman–Crippen MR) is 148 cm³/mol. The number of aryl methyl sites for hydroxylation is 2. The molecule has 0 spiro atoms. The molecule has 0 saturated carbocycles. The van der Waals surface area contributed by atoms with Crippen LogP contribution in [0, 0.1) is 0 Å². The molecule has 1 aliphatic rings. The van der Waals surface area contributed by atoms with Crippen molar-refractivity contribution < 1.29 is 4.79 Å². The molecule has 0 amide bonds. The van der Waals surface area contributed by atoms with Crippen LogP contribution >= 0.6 is 23.1 Å². The van der Waals surface area contributed by atoms with Crippen LogP contribution in [-0.2, 0) is 19.4 Å². The number of aromatic nitrogens is 3. The molecule has 2 aromatic carbocycles. The van der Waals surface area contributed by atoms with Gasteiger partial charge in [0.1, 0.15) is 10.1 Å². The Balaban J connectivity index is 1.50. The van der Waals surface area contributed by atoms with Crippen LogP contribution in [0.25, 0.3) is 21.1 Å². The number of rotatable bonds is 7. The smallest absolute Gasteiger partial charge is 0.263 e. The summed E-state index contributed by atoms with van der Waals surface area (Å²) in [7, 11) is 0. The molecule has 180 valence electrons. The first-order valence-corrected chi connectivity index (χ1v) is 13.8. The summed E-state index contributed by atoms with van der Waals surface area (Å²) < 4.78 is 1.68. The van der Waals surface area contributed by atoms with E-state index in [0.717, 1.165) is 52.4 Å². The van der Waals surface area contributed by atoms with Gasteiger partial charge in [0.05, 0.1) is 5.39 Å². The summed E-state index contributed by atoms with van der Waals surface area (Å²) in [4.78, 5) is 38.0. The van der Waals surface area contributed by atoms with E-state index in [4.69, 9.17) is 4.98 Å². The Bertz CT molecular complexity index is 1660. The van der Waals surface area contributed by atoms with E-state index in [1.807, 2.05) is 54.6 Å². The van der Waals surface area contributed by atoms with Crippen molar-refractivity contribution in [1.82, 2.24) is 14.5 Å². The molecular formula is C29H25N3O2S2. The highest BCUT2D eigenvalue weighted by Crippen LogP contribution is 2.40. The van der Waals surface area contributed by atoms with Gasteiger partial charge in [0.25, 0.3) is 5.56 Å². The van der Waals surface area contributed by atoms with Crippen molar-refractivity contribution in [2.75, 3.05) is 0 Å². The second-order valence-corrected chi connectivity index (χ2v) is 11.2. The van der Waals surface area contributed by atoms with Crippen molar-refractivity contribution in [2.24, 2.45) is 0 Å². The molecule has 5 aromatic rings. The molecule has 0 radical (unpaired) electrons. The number of carbonyl (C=O) groups is 1. The van der Waals surface area contributed by atoms with E-state index < -0.39 is 5.25 Å². The Hall–Kier alpha value is -3.42. The number of hydrogen-bond acceptors (Lipinski definition) is 5. The molecule has 7 heteroatoms. The Morgan fingerprint density at radius 3 is 2.75 bits per heavy atom. The van der Waals surface area contributed by atoms with E-state index in [-0.39, 0.29) is 11.3 Å². The van der Waals surface area contributed by atoms with Gasteiger partial charge in [-0.25, -0.2) is 4.98 Å². The lowest BCUT2D eigenvalue weighted by molar-refractivity contribution is 0.0991. The maximum atomic E-state index is 14.0. The van der Waals surface area contributed by atoms with Gasteiger partial charge in [-0.05, 0) is 42.9 Å². The largest absolute Gasteiger partial charge is 0.360 e. The van der Waals surface area contributed by atoms with Crippen LogP contribution in [0.4, 0.5) is 0 Å². The molecule has 1 atom stereocenters. The number of ketones is 1. The number of thioether (sulfide) groups is 1. The Morgan fingerprint density at radius 1 is 1.14 bits per heavy atom. The van der Waals surface area contributed by atoms with Gasteiger partial charge in [-0.15, -0.1) is 17.9 Å². The van der Waals surface area contributed by atoms with E-state index >= 15 is 0 Å². The summed E-state index contributed by atoms with van der Waals surface area (Å²) in [6, 6.07) is 17.5. The quantitative estimate of drug-likeness (QED) is 0.114. The molecular weight excluding hydrogens is 486 g/mol. The van der Waals surface area contributed by atoms with Crippen LogP contribution in [0.2, 0.25) is 0 Å². The SMILES string of the molecule is C=CCn1c(SC(C(=O)c2c[nH]c3ccccc23)c2ccccc2)nc2sc3c(c2c1=O)CCCC3.